The zero-order chi connectivity index (χ0) is 23.7. The van der Waals surface area contributed by atoms with Crippen molar-refractivity contribution in [1.82, 2.24) is 15.1 Å². The molecule has 5 rings (SSSR count). The zero-order valence-corrected chi connectivity index (χ0v) is 19.3. The van der Waals surface area contributed by atoms with Gasteiger partial charge in [0.25, 0.3) is 23.0 Å². The number of imide groups is 2. The molecule has 0 bridgehead atoms. The van der Waals surface area contributed by atoms with Gasteiger partial charge in [0.2, 0.25) is 0 Å². The normalized spacial score (nSPS) is 19.8. The lowest BCUT2D eigenvalue weighted by Gasteiger charge is -2.37. The Kier molecular flexibility index (Phi) is 6.21. The molecule has 8 nitrogen and oxygen atoms in total. The number of rotatable bonds is 6. The summed E-state index contributed by atoms with van der Waals surface area (Å²) < 4.78 is 0. The third-order valence-corrected chi connectivity index (χ3v) is 7.12. The first kappa shape index (κ1) is 22.4. The highest BCUT2D eigenvalue weighted by molar-refractivity contribution is 8.18. The lowest BCUT2D eigenvalue weighted by molar-refractivity contribution is -0.115. The number of hydrogen-bond donors (Lipinski definition) is 1. The average Bonchev–Trinajstić information content (AvgIpc) is 3.30. The van der Waals surface area contributed by atoms with Gasteiger partial charge in [-0.25, -0.2) is 0 Å². The molecular weight excluding hydrogens is 452 g/mol. The molecule has 3 aliphatic rings. The van der Waals surface area contributed by atoms with E-state index >= 15 is 0 Å². The summed E-state index contributed by atoms with van der Waals surface area (Å²) in [7, 11) is 0. The summed E-state index contributed by atoms with van der Waals surface area (Å²) in [5, 5.41) is 1.95. The van der Waals surface area contributed by atoms with Crippen LogP contribution in [0, 0.1) is 0 Å². The predicted octanol–water partition coefficient (Wildman–Crippen LogP) is 2.82. The number of hydrogen-bond acceptors (Lipinski definition) is 7. The molecule has 2 fully saturated rings. The number of piperazine rings is 1. The molecule has 3 heterocycles. The van der Waals surface area contributed by atoms with Gasteiger partial charge in [0, 0.05) is 38.4 Å². The predicted molar refractivity (Wildman–Crippen MR) is 131 cm³/mol. The van der Waals surface area contributed by atoms with Crippen LogP contribution in [0.5, 0.6) is 0 Å². The van der Waals surface area contributed by atoms with Crippen molar-refractivity contribution >= 4 is 46.5 Å². The second-order valence-corrected chi connectivity index (χ2v) is 9.42. The third-order valence-electron chi connectivity index (χ3n) is 6.31. The Labute approximate surface area is 201 Å². The van der Waals surface area contributed by atoms with Crippen LogP contribution in [0.3, 0.4) is 0 Å². The summed E-state index contributed by atoms with van der Waals surface area (Å²) >= 11 is 0.923. The number of carbonyl (C=O) groups excluding carboxylic acids is 4. The Morgan fingerprint density at radius 2 is 1.47 bits per heavy atom. The van der Waals surface area contributed by atoms with Gasteiger partial charge in [0.1, 0.15) is 0 Å². The Morgan fingerprint density at radius 1 is 0.824 bits per heavy atom. The van der Waals surface area contributed by atoms with E-state index in [9.17, 15) is 19.2 Å². The molecule has 9 heteroatoms. The number of fused-ring (bicyclic) bond motifs is 1. The van der Waals surface area contributed by atoms with Crippen LogP contribution in [-0.2, 0) is 4.79 Å². The summed E-state index contributed by atoms with van der Waals surface area (Å²) in [4.78, 5) is 54.8. The van der Waals surface area contributed by atoms with Crippen molar-refractivity contribution < 1.29 is 19.2 Å². The van der Waals surface area contributed by atoms with Crippen molar-refractivity contribution in [2.24, 2.45) is 0 Å². The van der Waals surface area contributed by atoms with Gasteiger partial charge in [-0.15, -0.1) is 0 Å². The minimum Gasteiger partial charge on any atom is -0.368 e. The van der Waals surface area contributed by atoms with Crippen molar-refractivity contribution in [3.63, 3.8) is 0 Å². The fraction of sp³-hybridized carbons (Fsp3) is 0.280. The van der Waals surface area contributed by atoms with Crippen LogP contribution in [-0.4, -0.2) is 72.0 Å². The van der Waals surface area contributed by atoms with Gasteiger partial charge < -0.3 is 4.90 Å². The number of thioether (sulfide) groups is 1. The number of nitrogens with one attached hydrogen (secondary N) is 1. The van der Waals surface area contributed by atoms with Crippen LogP contribution >= 0.6 is 11.8 Å². The highest BCUT2D eigenvalue weighted by Gasteiger charge is 2.34. The average molecular weight is 477 g/mol. The van der Waals surface area contributed by atoms with E-state index in [0.29, 0.717) is 22.6 Å². The Morgan fingerprint density at radius 3 is 2.12 bits per heavy atom. The first-order chi connectivity index (χ1) is 16.5. The van der Waals surface area contributed by atoms with E-state index in [4.69, 9.17) is 0 Å². The molecule has 2 saturated heterocycles. The lowest BCUT2D eigenvalue weighted by Crippen LogP contribution is -2.47. The summed E-state index contributed by atoms with van der Waals surface area (Å²) in [6.07, 6.45) is 2.50. The number of amides is 4. The van der Waals surface area contributed by atoms with E-state index in [1.807, 2.05) is 24.3 Å². The van der Waals surface area contributed by atoms with Gasteiger partial charge in [-0.2, -0.15) is 0 Å². The summed E-state index contributed by atoms with van der Waals surface area (Å²) in [5.41, 5.74) is 2.93. The van der Waals surface area contributed by atoms with Crippen molar-refractivity contribution in [2.45, 2.75) is 6.42 Å². The first-order valence-corrected chi connectivity index (χ1v) is 12.1. The number of para-hydroxylation sites is 1. The van der Waals surface area contributed by atoms with Crippen LogP contribution < -0.4 is 10.2 Å². The Balaban J connectivity index is 1.15. The second kappa shape index (κ2) is 9.44. The van der Waals surface area contributed by atoms with E-state index in [1.54, 1.807) is 30.3 Å². The second-order valence-electron chi connectivity index (χ2n) is 8.40. The molecule has 0 radical (unpaired) electrons. The molecule has 0 unspecified atom stereocenters. The molecule has 0 aliphatic carbocycles. The van der Waals surface area contributed by atoms with Crippen molar-refractivity contribution in [3.8, 4) is 0 Å². The van der Waals surface area contributed by atoms with Crippen LogP contribution in [0.4, 0.5) is 10.5 Å². The smallest absolute Gasteiger partial charge is 0.290 e. The number of nitrogens with zero attached hydrogens (tertiary/aromatic N) is 3. The number of benzene rings is 2. The first-order valence-electron chi connectivity index (χ1n) is 11.3. The standard InChI is InChI=1S/C25H24N4O4S/c30-22-21(34-25(33)26-22)16-17-6-1-4-9-20(17)28-14-12-27(13-15-28)10-5-11-29-23(31)18-7-2-3-8-19(18)24(29)32/h1-4,6-9,16H,5,10-15H2,(H,26,30,33). The molecule has 1 N–H and O–H groups in total. The van der Waals surface area contributed by atoms with Crippen LogP contribution in [0.1, 0.15) is 32.7 Å². The quantitative estimate of drug-likeness (QED) is 0.507. The summed E-state index contributed by atoms with van der Waals surface area (Å²) in [5.74, 6) is -0.758. The molecule has 4 amide bonds. The fourth-order valence-corrected chi connectivity index (χ4v) is 5.24. The summed E-state index contributed by atoms with van der Waals surface area (Å²) in [6, 6.07) is 14.8. The zero-order valence-electron chi connectivity index (χ0n) is 18.5. The van der Waals surface area contributed by atoms with Gasteiger partial charge in [0.05, 0.1) is 16.0 Å². The van der Waals surface area contributed by atoms with Gasteiger partial charge in [-0.1, -0.05) is 30.3 Å². The fourth-order valence-electron chi connectivity index (χ4n) is 4.57. The molecule has 0 saturated carbocycles. The van der Waals surface area contributed by atoms with E-state index in [-0.39, 0.29) is 23.0 Å². The van der Waals surface area contributed by atoms with E-state index < -0.39 is 0 Å². The monoisotopic (exact) mass is 476 g/mol. The maximum Gasteiger partial charge on any atom is 0.290 e. The molecule has 0 atom stereocenters. The third kappa shape index (κ3) is 4.36. The largest absolute Gasteiger partial charge is 0.368 e. The van der Waals surface area contributed by atoms with Crippen LogP contribution in [0.2, 0.25) is 0 Å². The maximum absolute atomic E-state index is 12.5. The molecule has 2 aromatic carbocycles. The molecule has 174 valence electrons. The molecule has 0 aromatic heterocycles. The lowest BCUT2D eigenvalue weighted by atomic mass is 10.1. The molecule has 2 aromatic rings. The Bertz CT molecular complexity index is 1170. The van der Waals surface area contributed by atoms with Crippen LogP contribution in [0.15, 0.2) is 53.4 Å². The molecule has 0 spiro atoms. The van der Waals surface area contributed by atoms with Crippen molar-refractivity contribution in [3.05, 3.63) is 70.1 Å². The van der Waals surface area contributed by atoms with E-state index in [1.165, 1.54) is 4.90 Å². The minimum atomic E-state index is -0.354. The van der Waals surface area contributed by atoms with Gasteiger partial charge in [0.15, 0.2) is 0 Å². The molecular formula is C25H24N4O4S. The summed E-state index contributed by atoms with van der Waals surface area (Å²) in [6.45, 7) is 4.60. The van der Waals surface area contributed by atoms with E-state index in [0.717, 1.165) is 62.2 Å². The van der Waals surface area contributed by atoms with Gasteiger partial charge in [-0.05, 0) is 54.6 Å². The highest BCUT2D eigenvalue weighted by atomic mass is 32.2. The van der Waals surface area contributed by atoms with Crippen LogP contribution in [0.25, 0.3) is 6.08 Å². The highest BCUT2D eigenvalue weighted by Crippen LogP contribution is 2.30. The van der Waals surface area contributed by atoms with Gasteiger partial charge >= 0.3 is 0 Å². The number of carbonyl (C=O) groups is 4. The number of anilines is 1. The molecule has 3 aliphatic heterocycles. The maximum atomic E-state index is 12.5. The minimum absolute atomic E-state index is 0.202. The van der Waals surface area contributed by atoms with E-state index in [2.05, 4.69) is 15.1 Å². The van der Waals surface area contributed by atoms with Crippen molar-refractivity contribution in [2.75, 3.05) is 44.2 Å². The SMILES string of the molecule is O=C1NC(=O)C(=Cc2ccccc2N2CCN(CCCN3C(=O)c4ccccc4C3=O)CC2)S1. The van der Waals surface area contributed by atoms with Crippen molar-refractivity contribution in [1.29, 1.82) is 0 Å². The van der Waals surface area contributed by atoms with Gasteiger partial charge in [-0.3, -0.25) is 34.3 Å². The Hall–Kier alpha value is -3.43. The molecule has 34 heavy (non-hydrogen) atoms. The topological polar surface area (TPSA) is 90.0 Å².